The van der Waals surface area contributed by atoms with Gasteiger partial charge in [0, 0.05) is 17.7 Å². The lowest BCUT2D eigenvalue weighted by Crippen LogP contribution is -2.30. The second-order valence-electron chi connectivity index (χ2n) is 7.64. The molecule has 0 saturated heterocycles. The molecule has 2 heterocycles. The van der Waals surface area contributed by atoms with Crippen LogP contribution in [0, 0.1) is 19.7 Å². The monoisotopic (exact) mass is 393 g/mol. The summed E-state index contributed by atoms with van der Waals surface area (Å²) >= 11 is 0. The number of unbranched alkanes of at least 4 members (excludes halogenated alkanes) is 1. The first-order valence-corrected chi connectivity index (χ1v) is 9.87. The number of fused-ring (bicyclic) bond motifs is 1. The number of amides is 1. The van der Waals surface area contributed by atoms with Crippen LogP contribution in [0.5, 0.6) is 5.75 Å². The fourth-order valence-electron chi connectivity index (χ4n) is 4.19. The molecule has 0 aliphatic carbocycles. The van der Waals surface area contributed by atoms with Crippen molar-refractivity contribution >= 4 is 5.91 Å². The number of hydrogen-bond donors (Lipinski definition) is 2. The van der Waals surface area contributed by atoms with Gasteiger partial charge < -0.3 is 10.0 Å². The van der Waals surface area contributed by atoms with Crippen LogP contribution in [-0.4, -0.2) is 32.7 Å². The predicted molar refractivity (Wildman–Crippen MR) is 109 cm³/mol. The van der Waals surface area contributed by atoms with Crippen LogP contribution in [0.4, 0.5) is 4.39 Å². The highest BCUT2D eigenvalue weighted by Crippen LogP contribution is 2.45. The van der Waals surface area contributed by atoms with E-state index in [0.717, 1.165) is 35.1 Å². The Bertz CT molecular complexity index is 1050. The van der Waals surface area contributed by atoms with Crippen molar-refractivity contribution in [1.82, 2.24) is 15.1 Å². The van der Waals surface area contributed by atoms with Crippen LogP contribution < -0.4 is 0 Å². The summed E-state index contributed by atoms with van der Waals surface area (Å²) in [5.74, 6) is -0.308. The largest absolute Gasteiger partial charge is 0.507 e. The van der Waals surface area contributed by atoms with Crippen molar-refractivity contribution in [2.75, 3.05) is 6.54 Å². The highest BCUT2D eigenvalue weighted by Gasteiger charge is 2.42. The van der Waals surface area contributed by atoms with Gasteiger partial charge >= 0.3 is 0 Å². The molecule has 0 spiro atoms. The lowest BCUT2D eigenvalue weighted by atomic mass is 9.93. The number of halogens is 1. The Labute approximate surface area is 169 Å². The summed E-state index contributed by atoms with van der Waals surface area (Å²) in [6.45, 7) is 6.51. The number of aromatic hydroxyl groups is 1. The van der Waals surface area contributed by atoms with Crippen LogP contribution in [0.25, 0.3) is 11.3 Å². The van der Waals surface area contributed by atoms with Crippen molar-refractivity contribution in [2.24, 2.45) is 0 Å². The quantitative estimate of drug-likeness (QED) is 0.649. The normalized spacial score (nSPS) is 15.8. The average molecular weight is 393 g/mol. The van der Waals surface area contributed by atoms with Crippen molar-refractivity contribution in [3.05, 3.63) is 70.2 Å². The molecule has 1 aliphatic rings. The van der Waals surface area contributed by atoms with Crippen molar-refractivity contribution < 1.29 is 14.3 Å². The van der Waals surface area contributed by atoms with E-state index in [9.17, 15) is 14.3 Å². The van der Waals surface area contributed by atoms with Crippen molar-refractivity contribution in [1.29, 1.82) is 0 Å². The Morgan fingerprint density at radius 2 is 1.93 bits per heavy atom. The molecule has 1 unspecified atom stereocenters. The number of carbonyl (C=O) groups is 1. The third-order valence-corrected chi connectivity index (χ3v) is 5.50. The number of phenolic OH excluding ortho intramolecular Hbond substituents is 1. The molecule has 0 fully saturated rings. The van der Waals surface area contributed by atoms with Crippen LogP contribution in [0.2, 0.25) is 0 Å². The highest BCUT2D eigenvalue weighted by atomic mass is 19.1. The van der Waals surface area contributed by atoms with E-state index in [4.69, 9.17) is 0 Å². The van der Waals surface area contributed by atoms with Gasteiger partial charge in [-0.2, -0.15) is 5.10 Å². The minimum absolute atomic E-state index is 0.120. The number of aryl methyl sites for hydroxylation is 2. The maximum atomic E-state index is 13.5. The number of rotatable bonds is 5. The molecule has 1 aromatic heterocycles. The van der Waals surface area contributed by atoms with Crippen LogP contribution >= 0.6 is 0 Å². The molecule has 0 radical (unpaired) electrons. The summed E-state index contributed by atoms with van der Waals surface area (Å²) < 4.78 is 13.5. The molecule has 29 heavy (non-hydrogen) atoms. The molecular weight excluding hydrogens is 369 g/mol. The standard InChI is InChI=1S/C23H24FN3O2/c1-4-5-10-27-22(15-6-8-16(24)9-7-15)19-20(25-26-21(19)23(27)29)18-14(3)11-13(2)12-17(18)28/h6-9,11-12,22,28H,4-5,10H2,1-3H3,(H,25,26). The van der Waals surface area contributed by atoms with E-state index in [1.54, 1.807) is 18.2 Å². The lowest BCUT2D eigenvalue weighted by Gasteiger charge is -2.26. The van der Waals surface area contributed by atoms with Gasteiger partial charge in [-0.3, -0.25) is 9.89 Å². The second kappa shape index (κ2) is 7.35. The Balaban J connectivity index is 1.91. The Morgan fingerprint density at radius 1 is 1.21 bits per heavy atom. The molecule has 1 amide bonds. The first-order valence-electron chi connectivity index (χ1n) is 9.87. The smallest absolute Gasteiger partial charge is 0.273 e. The molecule has 0 bridgehead atoms. The molecule has 5 nitrogen and oxygen atoms in total. The van der Waals surface area contributed by atoms with E-state index >= 15 is 0 Å². The number of H-pyrrole nitrogens is 1. The zero-order valence-electron chi connectivity index (χ0n) is 16.8. The Morgan fingerprint density at radius 3 is 2.59 bits per heavy atom. The molecule has 1 aliphatic heterocycles. The third kappa shape index (κ3) is 3.18. The Kier molecular flexibility index (Phi) is 4.86. The summed E-state index contributed by atoms with van der Waals surface area (Å²) in [6, 6.07) is 9.53. The number of carbonyl (C=O) groups excluding carboxylic acids is 1. The molecule has 1 atom stereocenters. The van der Waals surface area contributed by atoms with Gasteiger partial charge in [0.1, 0.15) is 23.0 Å². The maximum Gasteiger partial charge on any atom is 0.273 e. The lowest BCUT2D eigenvalue weighted by molar-refractivity contribution is 0.0741. The Hall–Kier alpha value is -3.15. The van der Waals surface area contributed by atoms with Gasteiger partial charge in [-0.15, -0.1) is 0 Å². The van der Waals surface area contributed by atoms with E-state index in [2.05, 4.69) is 17.1 Å². The number of aromatic amines is 1. The topological polar surface area (TPSA) is 69.2 Å². The van der Waals surface area contributed by atoms with Gasteiger partial charge in [-0.25, -0.2) is 4.39 Å². The number of aromatic nitrogens is 2. The van der Waals surface area contributed by atoms with E-state index in [0.29, 0.717) is 23.5 Å². The number of nitrogens with one attached hydrogen (secondary N) is 1. The summed E-state index contributed by atoms with van der Waals surface area (Å²) in [4.78, 5) is 14.9. The summed E-state index contributed by atoms with van der Waals surface area (Å²) in [7, 11) is 0. The van der Waals surface area contributed by atoms with Gasteiger partial charge in [-0.1, -0.05) is 31.5 Å². The summed E-state index contributed by atoms with van der Waals surface area (Å²) in [6.07, 6.45) is 1.82. The first-order chi connectivity index (χ1) is 13.9. The summed E-state index contributed by atoms with van der Waals surface area (Å²) in [5, 5.41) is 17.9. The van der Waals surface area contributed by atoms with Crippen LogP contribution in [0.1, 0.15) is 58.5 Å². The molecular formula is C23H24FN3O2. The minimum Gasteiger partial charge on any atom is -0.507 e. The fourth-order valence-corrected chi connectivity index (χ4v) is 4.19. The molecule has 4 rings (SSSR count). The summed E-state index contributed by atoms with van der Waals surface area (Å²) in [5.41, 5.74) is 5.01. The van der Waals surface area contributed by atoms with Gasteiger partial charge in [0.25, 0.3) is 5.91 Å². The van der Waals surface area contributed by atoms with Gasteiger partial charge in [0.15, 0.2) is 0 Å². The van der Waals surface area contributed by atoms with Gasteiger partial charge in [-0.05, 0) is 55.2 Å². The number of nitrogens with zero attached hydrogens (tertiary/aromatic N) is 2. The molecule has 6 heteroatoms. The number of phenols is 1. The van der Waals surface area contributed by atoms with Crippen molar-refractivity contribution in [3.8, 4) is 17.0 Å². The van der Waals surface area contributed by atoms with E-state index in [-0.39, 0.29) is 23.5 Å². The second-order valence-corrected chi connectivity index (χ2v) is 7.64. The molecule has 2 aromatic carbocycles. The van der Waals surface area contributed by atoms with Crippen molar-refractivity contribution in [2.45, 2.75) is 39.7 Å². The van der Waals surface area contributed by atoms with E-state index in [1.807, 2.05) is 24.8 Å². The maximum absolute atomic E-state index is 13.5. The van der Waals surface area contributed by atoms with Gasteiger partial charge in [0.2, 0.25) is 0 Å². The molecule has 3 aromatic rings. The van der Waals surface area contributed by atoms with Gasteiger partial charge in [0.05, 0.1) is 6.04 Å². The van der Waals surface area contributed by atoms with Crippen molar-refractivity contribution in [3.63, 3.8) is 0 Å². The minimum atomic E-state index is -0.376. The van der Waals surface area contributed by atoms with E-state index in [1.165, 1.54) is 12.1 Å². The highest BCUT2D eigenvalue weighted by molar-refractivity contribution is 6.00. The first kappa shape index (κ1) is 19.2. The number of benzene rings is 2. The van der Waals surface area contributed by atoms with Crippen LogP contribution in [-0.2, 0) is 0 Å². The predicted octanol–water partition coefficient (Wildman–Crippen LogP) is 4.88. The van der Waals surface area contributed by atoms with E-state index < -0.39 is 0 Å². The van der Waals surface area contributed by atoms with Crippen LogP contribution in [0.15, 0.2) is 36.4 Å². The SMILES string of the molecule is CCCCN1C(=O)c2[nH]nc(-c3c(C)cc(C)cc3O)c2C1c1ccc(F)cc1. The molecule has 150 valence electrons. The average Bonchev–Trinajstić information content (AvgIpc) is 3.20. The third-order valence-electron chi connectivity index (χ3n) is 5.50. The molecule has 0 saturated carbocycles. The molecule has 2 N–H and O–H groups in total. The van der Waals surface area contributed by atoms with Crippen LogP contribution in [0.3, 0.4) is 0 Å². The zero-order valence-corrected chi connectivity index (χ0v) is 16.8. The zero-order chi connectivity index (χ0) is 20.7. The fraction of sp³-hybridized carbons (Fsp3) is 0.304. The number of hydrogen-bond acceptors (Lipinski definition) is 3.